The molecule has 5 nitrogen and oxygen atoms in total. The van der Waals surface area contributed by atoms with E-state index in [9.17, 15) is 14.7 Å². The van der Waals surface area contributed by atoms with E-state index in [1.54, 1.807) is 17.0 Å². The minimum absolute atomic E-state index is 0.0292. The predicted octanol–water partition coefficient (Wildman–Crippen LogP) is 1.55. The van der Waals surface area contributed by atoms with E-state index in [0.717, 1.165) is 31.2 Å². The second kappa shape index (κ2) is 5.39. The summed E-state index contributed by atoms with van der Waals surface area (Å²) in [6.45, 7) is 0.934. The number of carbonyl (C=O) groups excluding carboxylic acids is 2. The van der Waals surface area contributed by atoms with E-state index >= 15 is 0 Å². The third-order valence-electron chi connectivity index (χ3n) is 4.45. The summed E-state index contributed by atoms with van der Waals surface area (Å²) in [5.74, 6) is 0.224. The van der Waals surface area contributed by atoms with E-state index in [-0.39, 0.29) is 17.6 Å². The molecule has 1 spiro atoms. The van der Waals surface area contributed by atoms with E-state index in [1.807, 2.05) is 12.1 Å². The summed E-state index contributed by atoms with van der Waals surface area (Å²) in [6.07, 6.45) is 3.80. The number of carbonyl (C=O) groups is 2. The molecule has 2 amide bonds. The molecule has 0 radical (unpaired) electrons. The van der Waals surface area contributed by atoms with Gasteiger partial charge in [-0.3, -0.25) is 9.59 Å². The second-order valence-electron chi connectivity index (χ2n) is 5.98. The van der Waals surface area contributed by atoms with E-state index in [1.165, 1.54) is 0 Å². The minimum Gasteiger partial charge on any atom is -0.508 e. The van der Waals surface area contributed by atoms with Gasteiger partial charge in [-0.25, -0.2) is 0 Å². The van der Waals surface area contributed by atoms with Gasteiger partial charge in [0, 0.05) is 19.5 Å². The molecule has 1 saturated heterocycles. The number of aromatic hydroxyl groups is 1. The second-order valence-corrected chi connectivity index (χ2v) is 5.98. The highest BCUT2D eigenvalue weighted by Crippen LogP contribution is 2.33. The van der Waals surface area contributed by atoms with Crippen molar-refractivity contribution in [1.82, 2.24) is 10.2 Å². The van der Waals surface area contributed by atoms with Crippen molar-refractivity contribution in [2.75, 3.05) is 6.54 Å². The molecule has 0 unspecified atom stereocenters. The van der Waals surface area contributed by atoms with Gasteiger partial charge in [0.15, 0.2) is 0 Å². The molecule has 0 bridgehead atoms. The lowest BCUT2D eigenvalue weighted by atomic mass is 9.95. The number of nitrogens with zero attached hydrogens (tertiary/aromatic N) is 1. The molecule has 1 aliphatic carbocycles. The molecule has 5 heteroatoms. The maximum atomic E-state index is 12.8. The Labute approximate surface area is 123 Å². The number of benzene rings is 1. The quantitative estimate of drug-likeness (QED) is 0.867. The van der Waals surface area contributed by atoms with Crippen molar-refractivity contribution in [3.8, 4) is 5.75 Å². The van der Waals surface area contributed by atoms with E-state index in [4.69, 9.17) is 0 Å². The Morgan fingerprint density at radius 1 is 1.14 bits per heavy atom. The molecule has 1 saturated carbocycles. The van der Waals surface area contributed by atoms with Crippen LogP contribution >= 0.6 is 0 Å². The number of amides is 2. The Morgan fingerprint density at radius 3 is 2.48 bits per heavy atom. The Balaban J connectivity index is 1.81. The SMILES string of the molecule is O=C1CCN(Cc2ccc(O)cc2)C(=O)C2(CCCC2)N1. The van der Waals surface area contributed by atoms with E-state index in [0.29, 0.717) is 19.5 Å². The zero-order valence-corrected chi connectivity index (χ0v) is 12.0. The molecular weight excluding hydrogens is 268 g/mol. The Kier molecular flexibility index (Phi) is 3.57. The number of phenols is 1. The van der Waals surface area contributed by atoms with Crippen molar-refractivity contribution >= 4 is 11.8 Å². The number of nitrogens with one attached hydrogen (secondary N) is 1. The zero-order valence-electron chi connectivity index (χ0n) is 12.0. The molecule has 0 aromatic heterocycles. The maximum absolute atomic E-state index is 12.8. The van der Waals surface area contributed by atoms with Crippen molar-refractivity contribution < 1.29 is 14.7 Å². The summed E-state index contributed by atoms with van der Waals surface area (Å²) in [6, 6.07) is 6.85. The van der Waals surface area contributed by atoms with Crippen molar-refractivity contribution in [3.63, 3.8) is 0 Å². The summed E-state index contributed by atoms with van der Waals surface area (Å²) >= 11 is 0. The Bertz CT molecular complexity index is 547. The van der Waals surface area contributed by atoms with Gasteiger partial charge in [0.2, 0.25) is 11.8 Å². The van der Waals surface area contributed by atoms with Crippen LogP contribution in [0.5, 0.6) is 5.75 Å². The Hall–Kier alpha value is -2.04. The number of hydrogen-bond donors (Lipinski definition) is 2. The first kappa shape index (κ1) is 13.9. The molecular formula is C16H20N2O3. The van der Waals surface area contributed by atoms with E-state index < -0.39 is 5.54 Å². The van der Waals surface area contributed by atoms with Crippen molar-refractivity contribution in [2.24, 2.45) is 0 Å². The number of rotatable bonds is 2. The van der Waals surface area contributed by atoms with Gasteiger partial charge in [0.1, 0.15) is 11.3 Å². The lowest BCUT2D eigenvalue weighted by molar-refractivity contribution is -0.139. The minimum atomic E-state index is -0.676. The highest BCUT2D eigenvalue weighted by atomic mass is 16.3. The first-order valence-electron chi connectivity index (χ1n) is 7.47. The number of phenolic OH excluding ortho intramolecular Hbond substituents is 1. The van der Waals surface area contributed by atoms with Crippen LogP contribution in [0.3, 0.4) is 0 Å². The smallest absolute Gasteiger partial charge is 0.248 e. The summed E-state index contributed by atoms with van der Waals surface area (Å²) < 4.78 is 0. The van der Waals surface area contributed by atoms with Crippen LogP contribution in [0.1, 0.15) is 37.7 Å². The fraction of sp³-hybridized carbons (Fsp3) is 0.500. The molecule has 1 heterocycles. The fourth-order valence-electron chi connectivity index (χ4n) is 3.31. The molecule has 2 aliphatic rings. The first-order chi connectivity index (χ1) is 10.1. The van der Waals surface area contributed by atoms with Gasteiger partial charge in [-0.15, -0.1) is 0 Å². The van der Waals surface area contributed by atoms with Gasteiger partial charge in [-0.2, -0.15) is 0 Å². The monoisotopic (exact) mass is 288 g/mol. The largest absolute Gasteiger partial charge is 0.508 e. The molecule has 21 heavy (non-hydrogen) atoms. The maximum Gasteiger partial charge on any atom is 0.248 e. The summed E-state index contributed by atoms with van der Waals surface area (Å²) in [5.41, 5.74) is 0.286. The van der Waals surface area contributed by atoms with Gasteiger partial charge in [0.25, 0.3) is 0 Å². The molecule has 1 aromatic rings. The average molecular weight is 288 g/mol. The molecule has 112 valence electrons. The average Bonchev–Trinajstić information content (AvgIpc) is 2.90. The summed E-state index contributed by atoms with van der Waals surface area (Å²) in [7, 11) is 0. The molecule has 3 rings (SSSR count). The van der Waals surface area contributed by atoms with Gasteiger partial charge < -0.3 is 15.3 Å². The number of hydrogen-bond acceptors (Lipinski definition) is 3. The topological polar surface area (TPSA) is 69.6 Å². The third kappa shape index (κ3) is 2.73. The molecule has 1 aromatic carbocycles. The van der Waals surface area contributed by atoms with Crippen LogP contribution in [-0.4, -0.2) is 33.9 Å². The lowest BCUT2D eigenvalue weighted by Crippen LogP contribution is -2.55. The van der Waals surface area contributed by atoms with E-state index in [2.05, 4.69) is 5.32 Å². The van der Waals surface area contributed by atoms with Gasteiger partial charge in [-0.1, -0.05) is 25.0 Å². The van der Waals surface area contributed by atoms with Crippen LogP contribution in [0, 0.1) is 0 Å². The highest BCUT2D eigenvalue weighted by Gasteiger charge is 2.46. The standard InChI is InChI=1S/C16H20N2O3/c19-13-5-3-12(4-6-13)11-18-10-7-14(20)17-16(15(18)21)8-1-2-9-16/h3-6,19H,1-2,7-11H2,(H,17,20). The van der Waals surface area contributed by atoms with Crippen LogP contribution in [0.25, 0.3) is 0 Å². The van der Waals surface area contributed by atoms with Crippen LogP contribution in [-0.2, 0) is 16.1 Å². The van der Waals surface area contributed by atoms with Gasteiger partial charge >= 0.3 is 0 Å². The fourth-order valence-corrected chi connectivity index (χ4v) is 3.31. The normalized spacial score (nSPS) is 21.4. The van der Waals surface area contributed by atoms with Crippen molar-refractivity contribution in [2.45, 2.75) is 44.2 Å². The van der Waals surface area contributed by atoms with Crippen LogP contribution in [0.2, 0.25) is 0 Å². The zero-order chi connectivity index (χ0) is 14.9. The van der Waals surface area contributed by atoms with Gasteiger partial charge in [-0.05, 0) is 30.5 Å². The molecule has 0 atom stereocenters. The summed E-state index contributed by atoms with van der Waals surface area (Å²) in [5, 5.41) is 12.3. The molecule has 1 aliphatic heterocycles. The Morgan fingerprint density at radius 2 is 1.81 bits per heavy atom. The van der Waals surface area contributed by atoms with Crippen LogP contribution in [0.15, 0.2) is 24.3 Å². The first-order valence-corrected chi connectivity index (χ1v) is 7.47. The predicted molar refractivity (Wildman–Crippen MR) is 77.5 cm³/mol. The molecule has 2 fully saturated rings. The summed E-state index contributed by atoms with van der Waals surface area (Å²) in [4.78, 5) is 26.5. The third-order valence-corrected chi connectivity index (χ3v) is 4.45. The highest BCUT2D eigenvalue weighted by molar-refractivity contribution is 5.93. The van der Waals surface area contributed by atoms with Crippen molar-refractivity contribution in [3.05, 3.63) is 29.8 Å². The lowest BCUT2D eigenvalue weighted by Gasteiger charge is -2.31. The van der Waals surface area contributed by atoms with Crippen molar-refractivity contribution in [1.29, 1.82) is 0 Å². The van der Waals surface area contributed by atoms with Gasteiger partial charge in [0.05, 0.1) is 0 Å². The van der Waals surface area contributed by atoms with Crippen LogP contribution < -0.4 is 5.32 Å². The van der Waals surface area contributed by atoms with Crippen LogP contribution in [0.4, 0.5) is 0 Å². The molecule has 2 N–H and O–H groups in total.